The van der Waals surface area contributed by atoms with Crippen LogP contribution in [0.15, 0.2) is 18.2 Å². The van der Waals surface area contributed by atoms with E-state index >= 15 is 0 Å². The molecular formula is C16H22N2O3. The number of carbonyl (C=O) groups is 1. The smallest absolute Gasteiger partial charge is 0.254 e. The second kappa shape index (κ2) is 5.56. The lowest BCUT2D eigenvalue weighted by molar-refractivity contribution is 0.0630. The minimum Gasteiger partial charge on any atom is -0.504 e. The molecule has 0 aromatic heterocycles. The predicted octanol–water partition coefficient (Wildman–Crippen LogP) is 1.84. The first-order chi connectivity index (χ1) is 10.1. The van der Waals surface area contributed by atoms with Crippen LogP contribution in [0.2, 0.25) is 0 Å². The third-order valence-electron chi connectivity index (χ3n) is 4.71. The SMILES string of the molecule is CCN(C(=O)c1ccc(O)c(O)c1)C1CC2CCC(C1)N2. The summed E-state index contributed by atoms with van der Waals surface area (Å²) in [5.41, 5.74) is 0.429. The van der Waals surface area contributed by atoms with E-state index in [1.807, 2.05) is 11.8 Å². The first-order valence-electron chi connectivity index (χ1n) is 7.67. The van der Waals surface area contributed by atoms with Crippen LogP contribution in [0.1, 0.15) is 43.0 Å². The second-order valence-corrected chi connectivity index (χ2v) is 6.06. The van der Waals surface area contributed by atoms with E-state index in [-0.39, 0.29) is 23.4 Å². The molecule has 5 nitrogen and oxygen atoms in total. The molecule has 3 N–H and O–H groups in total. The number of carbonyl (C=O) groups excluding carboxylic acids is 1. The Hall–Kier alpha value is -1.75. The van der Waals surface area contributed by atoms with Crippen LogP contribution in [0.25, 0.3) is 0 Å². The molecule has 2 fully saturated rings. The molecule has 21 heavy (non-hydrogen) atoms. The number of piperidine rings is 1. The lowest BCUT2D eigenvalue weighted by atomic mass is 9.97. The average molecular weight is 290 g/mol. The first-order valence-corrected chi connectivity index (χ1v) is 7.67. The monoisotopic (exact) mass is 290 g/mol. The van der Waals surface area contributed by atoms with E-state index in [2.05, 4.69) is 5.32 Å². The van der Waals surface area contributed by atoms with Gasteiger partial charge in [-0.05, 0) is 50.8 Å². The van der Waals surface area contributed by atoms with Crippen molar-refractivity contribution in [3.8, 4) is 11.5 Å². The van der Waals surface area contributed by atoms with Gasteiger partial charge in [0.25, 0.3) is 5.91 Å². The summed E-state index contributed by atoms with van der Waals surface area (Å²) in [6.45, 7) is 2.65. The molecule has 1 aromatic rings. The van der Waals surface area contributed by atoms with Gasteiger partial charge in [-0.1, -0.05) is 0 Å². The van der Waals surface area contributed by atoms with Crippen molar-refractivity contribution < 1.29 is 15.0 Å². The highest BCUT2D eigenvalue weighted by molar-refractivity contribution is 5.95. The Morgan fingerprint density at radius 3 is 2.48 bits per heavy atom. The Balaban J connectivity index is 1.79. The predicted molar refractivity (Wildman–Crippen MR) is 79.4 cm³/mol. The quantitative estimate of drug-likeness (QED) is 0.743. The molecule has 0 aliphatic carbocycles. The van der Waals surface area contributed by atoms with Crippen LogP contribution in [0.4, 0.5) is 0 Å². The Bertz CT molecular complexity index is 534. The zero-order valence-electron chi connectivity index (χ0n) is 12.2. The van der Waals surface area contributed by atoms with Gasteiger partial charge in [0.15, 0.2) is 11.5 Å². The lowest BCUT2D eigenvalue weighted by Crippen LogP contribution is -2.50. The van der Waals surface area contributed by atoms with Crippen LogP contribution in [0.5, 0.6) is 11.5 Å². The van der Waals surface area contributed by atoms with E-state index in [9.17, 15) is 15.0 Å². The molecule has 2 atom stereocenters. The topological polar surface area (TPSA) is 72.8 Å². The molecule has 2 heterocycles. The standard InChI is InChI=1S/C16H22N2O3/c1-2-18(13-8-11-4-5-12(9-13)17-11)16(21)10-3-6-14(19)15(20)7-10/h3,6-7,11-13,17,19-20H,2,4-5,8-9H2,1H3. The maximum atomic E-state index is 12.7. The summed E-state index contributed by atoms with van der Waals surface area (Å²) >= 11 is 0. The lowest BCUT2D eigenvalue weighted by Gasteiger charge is -2.37. The minimum absolute atomic E-state index is 0.0703. The number of benzene rings is 1. The Morgan fingerprint density at radius 2 is 1.90 bits per heavy atom. The molecule has 0 radical (unpaired) electrons. The number of amides is 1. The van der Waals surface area contributed by atoms with Gasteiger partial charge in [0.2, 0.25) is 0 Å². The highest BCUT2D eigenvalue weighted by Crippen LogP contribution is 2.31. The van der Waals surface area contributed by atoms with Crippen molar-refractivity contribution in [1.29, 1.82) is 0 Å². The molecule has 3 rings (SSSR count). The van der Waals surface area contributed by atoms with Crippen LogP contribution in [0.3, 0.4) is 0 Å². The molecule has 2 aliphatic rings. The zero-order chi connectivity index (χ0) is 15.0. The summed E-state index contributed by atoms with van der Waals surface area (Å²) in [7, 11) is 0. The maximum Gasteiger partial charge on any atom is 0.254 e. The molecule has 2 aliphatic heterocycles. The van der Waals surface area contributed by atoms with Crippen molar-refractivity contribution >= 4 is 5.91 Å². The third-order valence-corrected chi connectivity index (χ3v) is 4.71. The first kappa shape index (κ1) is 14.2. The van der Waals surface area contributed by atoms with E-state index in [4.69, 9.17) is 0 Å². The third kappa shape index (κ3) is 2.70. The van der Waals surface area contributed by atoms with Gasteiger partial charge in [0.05, 0.1) is 0 Å². The summed E-state index contributed by atoms with van der Waals surface area (Å²) in [6.07, 6.45) is 4.40. The normalized spacial score (nSPS) is 27.6. The molecule has 2 unspecified atom stereocenters. The Morgan fingerprint density at radius 1 is 1.24 bits per heavy atom. The molecule has 1 aromatic carbocycles. The van der Waals surface area contributed by atoms with Crippen LogP contribution in [0, 0.1) is 0 Å². The van der Waals surface area contributed by atoms with Crippen LogP contribution >= 0.6 is 0 Å². The number of hydrogen-bond acceptors (Lipinski definition) is 4. The highest BCUT2D eigenvalue weighted by Gasteiger charge is 2.37. The molecule has 114 valence electrons. The molecule has 5 heteroatoms. The van der Waals surface area contributed by atoms with Crippen molar-refractivity contribution in [2.24, 2.45) is 0 Å². The summed E-state index contributed by atoms with van der Waals surface area (Å²) < 4.78 is 0. The molecule has 1 amide bonds. The van der Waals surface area contributed by atoms with Gasteiger partial charge in [0, 0.05) is 30.2 Å². The number of phenolic OH excluding ortho intramolecular Hbond substituents is 2. The number of rotatable bonds is 3. The average Bonchev–Trinajstić information content (AvgIpc) is 2.81. The van der Waals surface area contributed by atoms with E-state index in [1.165, 1.54) is 25.0 Å². The number of fused-ring (bicyclic) bond motifs is 2. The number of phenols is 2. The van der Waals surface area contributed by atoms with Crippen molar-refractivity contribution in [1.82, 2.24) is 10.2 Å². The van der Waals surface area contributed by atoms with Crippen molar-refractivity contribution in [3.05, 3.63) is 23.8 Å². The van der Waals surface area contributed by atoms with Gasteiger partial charge in [0.1, 0.15) is 0 Å². The van der Waals surface area contributed by atoms with Gasteiger partial charge in [-0.15, -0.1) is 0 Å². The largest absolute Gasteiger partial charge is 0.504 e. The Kier molecular flexibility index (Phi) is 3.76. The van der Waals surface area contributed by atoms with Crippen molar-refractivity contribution in [2.75, 3.05) is 6.54 Å². The van der Waals surface area contributed by atoms with E-state index < -0.39 is 0 Å². The minimum atomic E-state index is -0.248. The molecular weight excluding hydrogens is 268 g/mol. The fraction of sp³-hybridized carbons (Fsp3) is 0.562. The number of aromatic hydroxyl groups is 2. The van der Waals surface area contributed by atoms with Gasteiger partial charge in [-0.25, -0.2) is 0 Å². The van der Waals surface area contributed by atoms with E-state index in [0.29, 0.717) is 24.2 Å². The Labute approximate surface area is 124 Å². The zero-order valence-corrected chi connectivity index (χ0v) is 12.2. The fourth-order valence-corrected chi connectivity index (χ4v) is 3.67. The number of hydrogen-bond donors (Lipinski definition) is 3. The second-order valence-electron chi connectivity index (χ2n) is 6.06. The molecule has 2 bridgehead atoms. The summed E-state index contributed by atoms with van der Waals surface area (Å²) in [6, 6.07) is 5.60. The summed E-state index contributed by atoms with van der Waals surface area (Å²) in [5.74, 6) is -0.518. The van der Waals surface area contributed by atoms with Crippen LogP contribution in [-0.2, 0) is 0 Å². The summed E-state index contributed by atoms with van der Waals surface area (Å²) in [4.78, 5) is 14.6. The van der Waals surface area contributed by atoms with E-state index in [1.54, 1.807) is 6.07 Å². The van der Waals surface area contributed by atoms with Gasteiger partial charge < -0.3 is 20.4 Å². The fourth-order valence-electron chi connectivity index (χ4n) is 3.67. The molecule has 2 saturated heterocycles. The van der Waals surface area contributed by atoms with Crippen LogP contribution < -0.4 is 5.32 Å². The highest BCUT2D eigenvalue weighted by atomic mass is 16.3. The summed E-state index contributed by atoms with van der Waals surface area (Å²) in [5, 5.41) is 22.5. The molecule has 0 saturated carbocycles. The maximum absolute atomic E-state index is 12.7. The van der Waals surface area contributed by atoms with Crippen LogP contribution in [-0.4, -0.2) is 45.7 Å². The van der Waals surface area contributed by atoms with E-state index in [0.717, 1.165) is 12.8 Å². The number of nitrogens with zero attached hydrogens (tertiary/aromatic N) is 1. The van der Waals surface area contributed by atoms with Gasteiger partial charge >= 0.3 is 0 Å². The van der Waals surface area contributed by atoms with Gasteiger partial charge in [-0.3, -0.25) is 4.79 Å². The van der Waals surface area contributed by atoms with Gasteiger partial charge in [-0.2, -0.15) is 0 Å². The van der Waals surface area contributed by atoms with Crippen molar-refractivity contribution in [2.45, 2.75) is 50.7 Å². The molecule has 0 spiro atoms. The number of nitrogens with one attached hydrogen (secondary N) is 1. The van der Waals surface area contributed by atoms with Crippen molar-refractivity contribution in [3.63, 3.8) is 0 Å².